The number of anilines is 1. The molecule has 5 N–H and O–H groups in total. The van der Waals surface area contributed by atoms with Gasteiger partial charge in [-0.15, -0.1) is 0 Å². The van der Waals surface area contributed by atoms with E-state index < -0.39 is 11.7 Å². The molecular weight excluding hydrogens is 172 g/mol. The number of hydrogen-bond donors (Lipinski definition) is 3. The van der Waals surface area contributed by atoms with Gasteiger partial charge in [0.05, 0.1) is 11.3 Å². The number of aldehydes is 1. The van der Waals surface area contributed by atoms with Gasteiger partial charge in [0.2, 0.25) is 0 Å². The maximum atomic E-state index is 10.8. The van der Waals surface area contributed by atoms with Gasteiger partial charge in [-0.05, 0) is 12.1 Å². The van der Waals surface area contributed by atoms with Crippen molar-refractivity contribution in [3.05, 3.63) is 23.3 Å². The van der Waals surface area contributed by atoms with Gasteiger partial charge in [-0.1, -0.05) is 0 Å². The van der Waals surface area contributed by atoms with Gasteiger partial charge in [-0.25, -0.2) is 0 Å². The standard InChI is InChI=1S/C8H8N2O3/c9-5-2-1-4(3-11)6(7(5)12)8(10)13/h1-3,12H,9H2,(H2,10,13). The lowest BCUT2D eigenvalue weighted by Crippen LogP contribution is -2.14. The van der Waals surface area contributed by atoms with Crippen molar-refractivity contribution in [1.82, 2.24) is 0 Å². The fourth-order valence-corrected chi connectivity index (χ4v) is 0.980. The van der Waals surface area contributed by atoms with E-state index >= 15 is 0 Å². The highest BCUT2D eigenvalue weighted by Gasteiger charge is 2.15. The Morgan fingerprint density at radius 2 is 2.08 bits per heavy atom. The Morgan fingerprint density at radius 3 is 2.54 bits per heavy atom. The second kappa shape index (κ2) is 3.14. The largest absolute Gasteiger partial charge is 0.505 e. The fourth-order valence-electron chi connectivity index (χ4n) is 0.980. The fraction of sp³-hybridized carbons (Fsp3) is 0. The van der Waals surface area contributed by atoms with Crippen LogP contribution in [0, 0.1) is 0 Å². The number of nitrogens with two attached hydrogens (primary N) is 2. The Balaban J connectivity index is 3.50. The van der Waals surface area contributed by atoms with Crippen molar-refractivity contribution in [3.8, 4) is 5.75 Å². The minimum atomic E-state index is -0.882. The molecule has 1 aromatic rings. The van der Waals surface area contributed by atoms with Crippen LogP contribution in [0.5, 0.6) is 5.75 Å². The van der Waals surface area contributed by atoms with Crippen molar-refractivity contribution >= 4 is 17.9 Å². The van der Waals surface area contributed by atoms with Gasteiger partial charge in [0.1, 0.15) is 0 Å². The van der Waals surface area contributed by atoms with Crippen molar-refractivity contribution < 1.29 is 14.7 Å². The topological polar surface area (TPSA) is 106 Å². The molecule has 5 nitrogen and oxygen atoms in total. The monoisotopic (exact) mass is 180 g/mol. The Hall–Kier alpha value is -2.04. The van der Waals surface area contributed by atoms with E-state index in [4.69, 9.17) is 11.5 Å². The normalized spacial score (nSPS) is 9.54. The van der Waals surface area contributed by atoms with Gasteiger partial charge in [-0.2, -0.15) is 0 Å². The Bertz CT molecular complexity index is 374. The van der Waals surface area contributed by atoms with Gasteiger partial charge in [-0.3, -0.25) is 9.59 Å². The summed E-state index contributed by atoms with van der Waals surface area (Å²) in [5, 5.41) is 9.30. The number of benzene rings is 1. The first-order chi connectivity index (χ1) is 6.07. The van der Waals surface area contributed by atoms with Crippen LogP contribution in [0.25, 0.3) is 0 Å². The number of phenols is 1. The maximum Gasteiger partial charge on any atom is 0.253 e. The average Bonchev–Trinajstić information content (AvgIpc) is 2.08. The maximum absolute atomic E-state index is 10.8. The number of carbonyl (C=O) groups excluding carboxylic acids is 2. The zero-order chi connectivity index (χ0) is 10.0. The first kappa shape index (κ1) is 9.05. The van der Waals surface area contributed by atoms with Crippen molar-refractivity contribution in [1.29, 1.82) is 0 Å². The van der Waals surface area contributed by atoms with E-state index in [1.54, 1.807) is 0 Å². The second-order valence-electron chi connectivity index (χ2n) is 2.45. The number of amides is 1. The molecule has 0 aromatic heterocycles. The summed E-state index contributed by atoms with van der Waals surface area (Å²) < 4.78 is 0. The molecule has 1 rings (SSSR count). The number of nitrogen functional groups attached to an aromatic ring is 1. The lowest BCUT2D eigenvalue weighted by molar-refractivity contribution is 0.0990. The Kier molecular flexibility index (Phi) is 2.19. The van der Waals surface area contributed by atoms with Crippen molar-refractivity contribution in [2.24, 2.45) is 5.73 Å². The molecule has 0 unspecified atom stereocenters. The van der Waals surface area contributed by atoms with Gasteiger partial charge in [0.15, 0.2) is 12.0 Å². The van der Waals surface area contributed by atoms with E-state index in [9.17, 15) is 14.7 Å². The molecule has 0 saturated heterocycles. The SMILES string of the molecule is NC(=O)c1c(C=O)ccc(N)c1O. The molecule has 0 spiro atoms. The van der Waals surface area contributed by atoms with Crippen molar-refractivity contribution in [3.63, 3.8) is 0 Å². The smallest absolute Gasteiger partial charge is 0.253 e. The minimum absolute atomic E-state index is 0.0133. The molecule has 0 aliphatic carbocycles. The van der Waals surface area contributed by atoms with Gasteiger partial charge in [0, 0.05) is 5.56 Å². The van der Waals surface area contributed by atoms with Crippen LogP contribution < -0.4 is 11.5 Å². The molecule has 0 radical (unpaired) electrons. The molecular formula is C8H8N2O3. The lowest BCUT2D eigenvalue weighted by Gasteiger charge is -2.05. The Labute approximate surface area is 74.0 Å². The van der Waals surface area contributed by atoms with Gasteiger partial charge in [0.25, 0.3) is 5.91 Å². The van der Waals surface area contributed by atoms with E-state index in [1.165, 1.54) is 12.1 Å². The summed E-state index contributed by atoms with van der Waals surface area (Å²) in [6.45, 7) is 0. The first-order valence-electron chi connectivity index (χ1n) is 3.44. The van der Waals surface area contributed by atoms with Gasteiger partial charge < -0.3 is 16.6 Å². The summed E-state index contributed by atoms with van der Waals surface area (Å²) in [4.78, 5) is 21.2. The van der Waals surface area contributed by atoms with E-state index in [0.29, 0.717) is 6.29 Å². The number of carbonyl (C=O) groups is 2. The predicted octanol–water partition coefficient (Wildman–Crippen LogP) is -0.114. The van der Waals surface area contributed by atoms with E-state index in [2.05, 4.69) is 0 Å². The molecule has 0 aliphatic heterocycles. The molecule has 0 fully saturated rings. The number of aromatic hydroxyl groups is 1. The van der Waals surface area contributed by atoms with Crippen LogP contribution >= 0.6 is 0 Å². The average molecular weight is 180 g/mol. The highest BCUT2D eigenvalue weighted by molar-refractivity contribution is 6.04. The predicted molar refractivity (Wildman–Crippen MR) is 46.4 cm³/mol. The molecule has 0 saturated carbocycles. The first-order valence-corrected chi connectivity index (χ1v) is 3.44. The van der Waals surface area contributed by atoms with Crippen LogP contribution in [-0.4, -0.2) is 17.3 Å². The van der Waals surface area contributed by atoms with E-state index in [0.717, 1.165) is 0 Å². The van der Waals surface area contributed by atoms with Crippen LogP contribution in [0.15, 0.2) is 12.1 Å². The molecule has 0 aliphatic rings. The third kappa shape index (κ3) is 1.44. The molecule has 0 heterocycles. The number of rotatable bonds is 2. The number of primary amides is 1. The highest BCUT2D eigenvalue weighted by atomic mass is 16.3. The summed E-state index contributed by atoms with van der Waals surface area (Å²) in [6.07, 6.45) is 0.430. The number of hydrogen-bond acceptors (Lipinski definition) is 4. The molecule has 5 heteroatoms. The third-order valence-electron chi connectivity index (χ3n) is 1.61. The van der Waals surface area contributed by atoms with Crippen LogP contribution in [0.2, 0.25) is 0 Å². The summed E-state index contributed by atoms with van der Waals surface area (Å²) in [6, 6.07) is 2.65. The van der Waals surface area contributed by atoms with Crippen molar-refractivity contribution in [2.45, 2.75) is 0 Å². The molecule has 68 valence electrons. The Morgan fingerprint density at radius 1 is 1.46 bits per heavy atom. The molecule has 1 aromatic carbocycles. The third-order valence-corrected chi connectivity index (χ3v) is 1.61. The van der Waals surface area contributed by atoms with Gasteiger partial charge >= 0.3 is 0 Å². The summed E-state index contributed by atoms with van der Waals surface area (Å²) in [5.74, 6) is -1.33. The molecule has 13 heavy (non-hydrogen) atoms. The van der Waals surface area contributed by atoms with E-state index in [1.807, 2.05) is 0 Å². The molecule has 0 atom stereocenters. The zero-order valence-corrected chi connectivity index (χ0v) is 6.65. The van der Waals surface area contributed by atoms with Crippen molar-refractivity contribution in [2.75, 3.05) is 5.73 Å². The summed E-state index contributed by atoms with van der Waals surface area (Å²) in [7, 11) is 0. The lowest BCUT2D eigenvalue weighted by atomic mass is 10.1. The summed E-state index contributed by atoms with van der Waals surface area (Å²) >= 11 is 0. The summed E-state index contributed by atoms with van der Waals surface area (Å²) in [5.41, 5.74) is 10.1. The second-order valence-corrected chi connectivity index (χ2v) is 2.45. The van der Waals surface area contributed by atoms with Crippen LogP contribution in [0.1, 0.15) is 20.7 Å². The minimum Gasteiger partial charge on any atom is -0.505 e. The van der Waals surface area contributed by atoms with E-state index in [-0.39, 0.29) is 16.8 Å². The molecule has 0 bridgehead atoms. The van der Waals surface area contributed by atoms with Crippen LogP contribution in [0.4, 0.5) is 5.69 Å². The zero-order valence-electron chi connectivity index (χ0n) is 6.65. The molecule has 1 amide bonds. The highest BCUT2D eigenvalue weighted by Crippen LogP contribution is 2.26. The van der Waals surface area contributed by atoms with Crippen LogP contribution in [-0.2, 0) is 0 Å². The quantitative estimate of drug-likeness (QED) is 0.335. The van der Waals surface area contributed by atoms with Crippen LogP contribution in [0.3, 0.4) is 0 Å².